The van der Waals surface area contributed by atoms with Gasteiger partial charge in [-0.1, -0.05) is 0 Å². The Kier molecular flexibility index (Phi) is 10.4. The molecule has 0 aromatic heterocycles. The molecular weight excluding hydrogens is 810 g/mol. The molecule has 0 saturated heterocycles. The summed E-state index contributed by atoms with van der Waals surface area (Å²) in [5.41, 5.74) is 12.3. The topological polar surface area (TPSA) is 0 Å². The van der Waals surface area contributed by atoms with E-state index in [0.29, 0.717) is 9.54 Å². The van der Waals surface area contributed by atoms with Crippen LogP contribution in [0.3, 0.4) is 0 Å². The Balaban J connectivity index is 0.00000233. The normalized spacial score (nSPS) is 26.8. The zero-order valence-corrected chi connectivity index (χ0v) is 38.3. The third-order valence-corrected chi connectivity index (χ3v) is 26.6. The molecule has 0 heterocycles. The fourth-order valence-corrected chi connectivity index (χ4v) is 24.1. The summed E-state index contributed by atoms with van der Waals surface area (Å²) in [6, 6.07) is 34.4. The van der Waals surface area contributed by atoms with Crippen molar-refractivity contribution in [1.82, 2.24) is 0 Å². The molecule has 9 rings (SSSR count). The maximum atomic E-state index is 6.70. The van der Waals surface area contributed by atoms with Crippen LogP contribution in [0, 0.1) is 27.6 Å². The van der Waals surface area contributed by atoms with Gasteiger partial charge in [-0.15, -0.1) is 0 Å². The molecule has 0 bridgehead atoms. The molecule has 3 unspecified atom stereocenters. The standard InChI is InChI=1S/C29H37.C17H11Cl.C5H5.2ClH.Zr/c1-18-25-22-17-19-13-9-10-14-20(19)24(22)21-15-11-12-16-23(21)29(25,8)28(6,7)27(4,5)26(18,2)3;18-16-10-8-13(9-11-16)12-15-6-3-5-14-4-1-2-7-17(14)15;1-2-4-5-3-1;;;/h9-11,13-15,23H,12,16-17H2,1-8H3;1-11H;1-5H;2*1H;/q;;;;;+2/p-2. The molecule has 5 aliphatic carbocycles. The summed E-state index contributed by atoms with van der Waals surface area (Å²) in [5.74, 6) is 0.466. The fourth-order valence-electron chi connectivity index (χ4n) is 12.3. The first kappa shape index (κ1) is 40.7. The van der Waals surface area contributed by atoms with Crippen LogP contribution in [0.5, 0.6) is 0 Å². The van der Waals surface area contributed by atoms with Crippen LogP contribution in [0.1, 0.15) is 90.5 Å². The molecule has 0 N–H and O–H groups in total. The van der Waals surface area contributed by atoms with E-state index >= 15 is 0 Å². The molecule has 1 fully saturated rings. The Labute approximate surface area is 354 Å². The van der Waals surface area contributed by atoms with Gasteiger partial charge in [-0.25, -0.2) is 0 Å². The number of benzene rings is 4. The van der Waals surface area contributed by atoms with Crippen LogP contribution in [0.2, 0.25) is 11.8 Å². The van der Waals surface area contributed by atoms with E-state index in [0.717, 1.165) is 17.9 Å². The van der Waals surface area contributed by atoms with Crippen molar-refractivity contribution >= 4 is 31.2 Å². The van der Waals surface area contributed by atoms with Gasteiger partial charge in [0.1, 0.15) is 0 Å². The Morgan fingerprint density at radius 1 is 0.709 bits per heavy atom. The van der Waals surface area contributed by atoms with E-state index in [1.807, 2.05) is 5.57 Å². The van der Waals surface area contributed by atoms with Gasteiger partial charge in [0, 0.05) is 0 Å². The minimum absolute atomic E-state index is 0. The predicted molar refractivity (Wildman–Crippen MR) is 224 cm³/mol. The molecule has 0 spiro atoms. The van der Waals surface area contributed by atoms with Gasteiger partial charge in [0.2, 0.25) is 0 Å². The Bertz CT molecular complexity index is 2380. The van der Waals surface area contributed by atoms with E-state index in [4.69, 9.17) is 11.6 Å². The average molecular weight is 864 g/mol. The van der Waals surface area contributed by atoms with Crippen molar-refractivity contribution in [3.8, 4) is 0 Å². The summed E-state index contributed by atoms with van der Waals surface area (Å²) in [6.07, 6.45) is 18.3. The van der Waals surface area contributed by atoms with Gasteiger partial charge in [-0.2, -0.15) is 0 Å². The molecule has 55 heavy (non-hydrogen) atoms. The number of halogens is 3. The van der Waals surface area contributed by atoms with E-state index in [2.05, 4.69) is 183 Å². The first-order valence-electron chi connectivity index (χ1n) is 19.8. The molecule has 0 amide bonds. The molecule has 0 aliphatic heterocycles. The zero-order chi connectivity index (χ0) is 37.1. The average Bonchev–Trinajstić information content (AvgIpc) is 3.82. The maximum Gasteiger partial charge on any atom is -1.00 e. The van der Waals surface area contributed by atoms with E-state index in [-0.39, 0.29) is 49.6 Å². The van der Waals surface area contributed by atoms with E-state index in [1.54, 1.807) is 19.9 Å². The minimum atomic E-state index is -3.13. The monoisotopic (exact) mass is 860 g/mol. The quantitative estimate of drug-likeness (QED) is 0.195. The van der Waals surface area contributed by atoms with Crippen molar-refractivity contribution in [2.45, 2.75) is 81.4 Å². The first-order chi connectivity index (χ1) is 25.3. The van der Waals surface area contributed by atoms with Crippen molar-refractivity contribution in [2.75, 3.05) is 0 Å². The number of hydrogen-bond donors (Lipinski definition) is 0. The van der Waals surface area contributed by atoms with Crippen molar-refractivity contribution in [3.05, 3.63) is 171 Å². The predicted octanol–water partition coefficient (Wildman–Crippen LogP) is 8.17. The summed E-state index contributed by atoms with van der Waals surface area (Å²) in [7, 11) is 0. The van der Waals surface area contributed by atoms with Crippen LogP contribution in [0.4, 0.5) is 0 Å². The van der Waals surface area contributed by atoms with Gasteiger partial charge >= 0.3 is 333 Å². The van der Waals surface area contributed by atoms with Crippen LogP contribution in [0.15, 0.2) is 144 Å². The molecule has 0 nitrogen and oxygen atoms in total. The molecule has 4 aromatic carbocycles. The summed E-state index contributed by atoms with van der Waals surface area (Å²) < 4.78 is 1.96. The SMILES string of the molecule is CC12C(=C3Cc4ccccc4C3=C3C=CCCC31)[C](C)([Zr+2](=[C](c1ccc(Cl)cc1)c1cccc3ccccc13)[CH]1C=CC=C1)C(C)(C)C(C)(C)C2(C)C.[Cl-].[Cl-]. The fraction of sp³-hybridized carbons (Fsp3) is 0.353. The second-order valence-corrected chi connectivity index (χ2v) is 26.2. The van der Waals surface area contributed by atoms with Crippen LogP contribution < -0.4 is 24.8 Å². The third kappa shape index (κ3) is 5.35. The second kappa shape index (κ2) is 14.1. The summed E-state index contributed by atoms with van der Waals surface area (Å²) in [4.78, 5) is 0. The molecule has 1 saturated carbocycles. The van der Waals surface area contributed by atoms with Crippen molar-refractivity contribution < 1.29 is 46.1 Å². The smallest absolute Gasteiger partial charge is 1.00 e. The number of fused-ring (bicyclic) bond motifs is 7. The summed E-state index contributed by atoms with van der Waals surface area (Å²) in [6.45, 7) is 21.6. The van der Waals surface area contributed by atoms with E-state index in [9.17, 15) is 0 Å². The first-order valence-corrected chi connectivity index (χ1v) is 24.1. The number of allylic oxidation sites excluding steroid dienone is 10. The van der Waals surface area contributed by atoms with Crippen LogP contribution in [-0.4, -0.2) is 3.21 Å². The van der Waals surface area contributed by atoms with E-state index in [1.165, 1.54) is 39.4 Å². The van der Waals surface area contributed by atoms with Gasteiger partial charge in [-0.3, -0.25) is 0 Å². The van der Waals surface area contributed by atoms with Crippen LogP contribution >= 0.6 is 11.6 Å². The summed E-state index contributed by atoms with van der Waals surface area (Å²) >= 11 is 3.57. The molecule has 5 aliphatic rings. The minimum Gasteiger partial charge on any atom is -1.00 e. The number of rotatable bonds is 4. The molecular formula is C51H53Cl3Zr. The van der Waals surface area contributed by atoms with Crippen molar-refractivity contribution in [3.63, 3.8) is 0 Å². The third-order valence-electron chi connectivity index (χ3n) is 16.3. The molecule has 3 atom stereocenters. The number of hydrogen-bond acceptors (Lipinski definition) is 0. The largest absolute Gasteiger partial charge is 1.00 e. The molecule has 4 heteroatoms. The van der Waals surface area contributed by atoms with Crippen LogP contribution in [-0.2, 0) is 27.7 Å². The summed E-state index contributed by atoms with van der Waals surface area (Å²) in [5, 5.41) is 3.47. The van der Waals surface area contributed by atoms with Crippen molar-refractivity contribution in [1.29, 1.82) is 0 Å². The van der Waals surface area contributed by atoms with Gasteiger partial charge in [0.15, 0.2) is 0 Å². The second-order valence-electron chi connectivity index (χ2n) is 18.4. The van der Waals surface area contributed by atoms with Crippen molar-refractivity contribution in [2.24, 2.45) is 27.6 Å². The Morgan fingerprint density at radius 3 is 2.09 bits per heavy atom. The van der Waals surface area contributed by atoms with E-state index < -0.39 is 21.3 Å². The van der Waals surface area contributed by atoms with Gasteiger partial charge in [0.25, 0.3) is 0 Å². The van der Waals surface area contributed by atoms with Gasteiger partial charge in [0.05, 0.1) is 0 Å². The maximum absolute atomic E-state index is 6.70. The molecule has 282 valence electrons. The van der Waals surface area contributed by atoms with Gasteiger partial charge < -0.3 is 24.8 Å². The van der Waals surface area contributed by atoms with Crippen LogP contribution in [0.25, 0.3) is 16.3 Å². The molecule has 0 radical (unpaired) electrons. The Morgan fingerprint density at radius 2 is 1.36 bits per heavy atom. The zero-order valence-electron chi connectivity index (χ0n) is 33.5. The molecule has 4 aromatic rings. The van der Waals surface area contributed by atoms with Gasteiger partial charge in [-0.05, 0) is 0 Å². The Hall–Kier alpha value is -2.54.